The summed E-state index contributed by atoms with van der Waals surface area (Å²) < 4.78 is 0. The summed E-state index contributed by atoms with van der Waals surface area (Å²) in [5, 5.41) is 3.73. The first-order valence-corrected chi connectivity index (χ1v) is 8.53. The minimum Gasteiger partial charge on any atom is -0.314 e. The second-order valence-electron chi connectivity index (χ2n) is 6.75. The van der Waals surface area contributed by atoms with E-state index in [-0.39, 0.29) is 0 Å². The molecule has 3 heteroatoms. The van der Waals surface area contributed by atoms with Crippen molar-refractivity contribution < 1.29 is 0 Å². The van der Waals surface area contributed by atoms with E-state index in [0.29, 0.717) is 0 Å². The fraction of sp³-hybridized carbons (Fsp3) is 1.00. The summed E-state index contributed by atoms with van der Waals surface area (Å²) in [6.07, 6.45) is 7.13. The molecule has 1 heterocycles. The maximum atomic E-state index is 3.73. The van der Waals surface area contributed by atoms with Crippen LogP contribution in [0.1, 0.15) is 46.0 Å². The normalized spacial score (nSPS) is 35.8. The van der Waals surface area contributed by atoms with E-state index in [0.717, 1.165) is 24.0 Å². The molecule has 19 heavy (non-hydrogen) atoms. The fourth-order valence-electron chi connectivity index (χ4n) is 3.98. The summed E-state index contributed by atoms with van der Waals surface area (Å²) in [5.74, 6) is 0.941. The van der Waals surface area contributed by atoms with Crippen LogP contribution >= 0.6 is 0 Å². The zero-order valence-corrected chi connectivity index (χ0v) is 12.8. The molecule has 0 bridgehead atoms. The Morgan fingerprint density at radius 3 is 2.42 bits per heavy atom. The lowest BCUT2D eigenvalue weighted by atomic mass is 9.78. The first-order chi connectivity index (χ1) is 9.31. The van der Waals surface area contributed by atoms with Crippen molar-refractivity contribution >= 4 is 0 Å². The van der Waals surface area contributed by atoms with Crippen LogP contribution < -0.4 is 5.32 Å². The first-order valence-electron chi connectivity index (χ1n) is 8.53. The number of hydrogen-bond donors (Lipinski definition) is 1. The summed E-state index contributed by atoms with van der Waals surface area (Å²) >= 11 is 0. The molecule has 2 saturated carbocycles. The van der Waals surface area contributed by atoms with Crippen LogP contribution in [0.4, 0.5) is 0 Å². The topological polar surface area (TPSA) is 18.5 Å². The van der Waals surface area contributed by atoms with E-state index in [1.54, 1.807) is 0 Å². The number of likely N-dealkylation sites (tertiary alicyclic amines) is 1. The molecule has 0 spiro atoms. The van der Waals surface area contributed by atoms with E-state index in [4.69, 9.17) is 0 Å². The smallest absolute Gasteiger partial charge is 0.0235 e. The molecular weight excluding hydrogens is 234 g/mol. The molecule has 1 N–H and O–H groups in total. The van der Waals surface area contributed by atoms with Crippen LogP contribution in [-0.4, -0.2) is 60.6 Å². The van der Waals surface area contributed by atoms with E-state index in [1.807, 2.05) is 0 Å². The molecule has 1 aliphatic heterocycles. The van der Waals surface area contributed by atoms with Crippen molar-refractivity contribution in [3.63, 3.8) is 0 Å². The van der Waals surface area contributed by atoms with Crippen LogP contribution in [0.2, 0.25) is 0 Å². The van der Waals surface area contributed by atoms with E-state index < -0.39 is 0 Å². The lowest BCUT2D eigenvalue weighted by Crippen LogP contribution is -2.50. The van der Waals surface area contributed by atoms with Crippen LogP contribution in [0.15, 0.2) is 0 Å². The number of rotatable bonds is 7. The van der Waals surface area contributed by atoms with Gasteiger partial charge in [0.25, 0.3) is 0 Å². The van der Waals surface area contributed by atoms with Crippen LogP contribution in [-0.2, 0) is 0 Å². The van der Waals surface area contributed by atoms with Gasteiger partial charge >= 0.3 is 0 Å². The van der Waals surface area contributed by atoms with Crippen LogP contribution in [0.3, 0.4) is 0 Å². The Bertz CT molecular complexity index is 286. The monoisotopic (exact) mass is 265 g/mol. The van der Waals surface area contributed by atoms with Crippen LogP contribution in [0.5, 0.6) is 0 Å². The third-order valence-corrected chi connectivity index (χ3v) is 5.62. The Balaban J connectivity index is 1.44. The van der Waals surface area contributed by atoms with Gasteiger partial charge in [-0.1, -0.05) is 13.8 Å². The second-order valence-corrected chi connectivity index (χ2v) is 6.75. The third kappa shape index (κ3) is 3.14. The summed E-state index contributed by atoms with van der Waals surface area (Å²) in [7, 11) is 0. The third-order valence-electron chi connectivity index (χ3n) is 5.62. The molecule has 3 fully saturated rings. The molecule has 2 aliphatic carbocycles. The van der Waals surface area contributed by atoms with Gasteiger partial charge in [-0.15, -0.1) is 0 Å². The molecule has 0 aromatic carbocycles. The predicted octanol–water partition coefficient (Wildman–Crippen LogP) is 1.93. The number of hydrogen-bond acceptors (Lipinski definition) is 3. The van der Waals surface area contributed by atoms with Crippen LogP contribution in [0, 0.1) is 5.92 Å². The average Bonchev–Trinajstić information content (AvgIpc) is 3.09. The number of nitrogens with one attached hydrogen (secondary N) is 1. The molecule has 110 valence electrons. The van der Waals surface area contributed by atoms with E-state index in [2.05, 4.69) is 29.0 Å². The maximum Gasteiger partial charge on any atom is 0.0235 e. The highest BCUT2D eigenvalue weighted by Crippen LogP contribution is 2.35. The molecule has 3 atom stereocenters. The Labute approximate surface area is 118 Å². The van der Waals surface area contributed by atoms with Gasteiger partial charge in [0.1, 0.15) is 0 Å². The Hall–Kier alpha value is -0.120. The number of likely N-dealkylation sites (N-methyl/N-ethyl adjacent to an activating group) is 1. The largest absolute Gasteiger partial charge is 0.314 e. The van der Waals surface area contributed by atoms with Gasteiger partial charge in [-0.2, -0.15) is 0 Å². The van der Waals surface area contributed by atoms with Gasteiger partial charge in [-0.3, -0.25) is 9.80 Å². The first kappa shape index (κ1) is 13.8. The van der Waals surface area contributed by atoms with Crippen molar-refractivity contribution in [1.29, 1.82) is 0 Å². The van der Waals surface area contributed by atoms with E-state index in [1.165, 1.54) is 64.8 Å². The van der Waals surface area contributed by atoms with Crippen molar-refractivity contribution in [3.8, 4) is 0 Å². The van der Waals surface area contributed by atoms with Crippen molar-refractivity contribution in [2.75, 3.05) is 32.7 Å². The van der Waals surface area contributed by atoms with Gasteiger partial charge < -0.3 is 5.32 Å². The Kier molecular flexibility index (Phi) is 4.45. The van der Waals surface area contributed by atoms with Gasteiger partial charge in [-0.05, 0) is 57.7 Å². The summed E-state index contributed by atoms with van der Waals surface area (Å²) in [4.78, 5) is 5.45. The predicted molar refractivity (Wildman–Crippen MR) is 80.4 cm³/mol. The lowest BCUT2D eigenvalue weighted by molar-refractivity contribution is 0.0737. The molecule has 0 aromatic rings. The van der Waals surface area contributed by atoms with Gasteiger partial charge in [0.05, 0.1) is 0 Å². The number of nitrogens with zero attached hydrogens (tertiary/aromatic N) is 2. The minimum absolute atomic E-state index is 0.827. The Morgan fingerprint density at radius 2 is 1.84 bits per heavy atom. The van der Waals surface area contributed by atoms with E-state index >= 15 is 0 Å². The molecule has 3 unspecified atom stereocenters. The van der Waals surface area contributed by atoms with Crippen LogP contribution in [0.25, 0.3) is 0 Å². The average molecular weight is 265 g/mol. The summed E-state index contributed by atoms with van der Waals surface area (Å²) in [5.41, 5.74) is 0. The van der Waals surface area contributed by atoms with Gasteiger partial charge in [0, 0.05) is 31.2 Å². The van der Waals surface area contributed by atoms with Crippen molar-refractivity contribution in [2.45, 2.75) is 64.1 Å². The second kappa shape index (κ2) is 6.11. The van der Waals surface area contributed by atoms with Crippen molar-refractivity contribution in [1.82, 2.24) is 15.1 Å². The highest BCUT2D eigenvalue weighted by atomic mass is 15.3. The Morgan fingerprint density at radius 1 is 1.05 bits per heavy atom. The molecule has 0 amide bonds. The molecule has 0 radical (unpaired) electrons. The molecule has 0 aromatic heterocycles. The van der Waals surface area contributed by atoms with E-state index in [9.17, 15) is 0 Å². The zero-order valence-electron chi connectivity index (χ0n) is 12.8. The quantitative estimate of drug-likeness (QED) is 0.759. The molecule has 3 nitrogen and oxygen atoms in total. The zero-order chi connectivity index (χ0) is 13.2. The summed E-state index contributed by atoms with van der Waals surface area (Å²) in [6, 6.07) is 2.60. The fourth-order valence-corrected chi connectivity index (χ4v) is 3.98. The van der Waals surface area contributed by atoms with Gasteiger partial charge in [0.15, 0.2) is 0 Å². The van der Waals surface area contributed by atoms with Crippen molar-refractivity contribution in [2.24, 2.45) is 5.92 Å². The summed E-state index contributed by atoms with van der Waals surface area (Å²) in [6.45, 7) is 11.0. The minimum atomic E-state index is 0.827. The molecular formula is C16H31N3. The van der Waals surface area contributed by atoms with Crippen molar-refractivity contribution in [3.05, 3.63) is 0 Å². The highest BCUT2D eigenvalue weighted by Gasteiger charge is 2.39. The van der Waals surface area contributed by atoms with Gasteiger partial charge in [-0.25, -0.2) is 0 Å². The lowest BCUT2D eigenvalue weighted by Gasteiger charge is -2.43. The SMILES string of the molecule is CCN(CC)C1CCN(C2CCC2CNC2CC2)C1. The molecule has 1 saturated heterocycles. The molecule has 3 rings (SSSR count). The van der Waals surface area contributed by atoms with Gasteiger partial charge in [0.2, 0.25) is 0 Å². The standard InChI is InChI=1S/C16H31N3/c1-3-18(4-2)15-9-10-19(12-15)16-8-5-13(16)11-17-14-6-7-14/h13-17H,3-12H2,1-2H3. The molecule has 3 aliphatic rings. The highest BCUT2D eigenvalue weighted by molar-refractivity contribution is 4.96. The maximum absolute atomic E-state index is 3.73.